The number of hydrogen-bond acceptors (Lipinski definition) is 2. The quantitative estimate of drug-likeness (QED) is 0.704. The molecule has 1 aliphatic rings. The van der Waals surface area contributed by atoms with Crippen molar-refractivity contribution in [2.75, 3.05) is 5.32 Å². The Morgan fingerprint density at radius 3 is 2.50 bits per heavy atom. The summed E-state index contributed by atoms with van der Waals surface area (Å²) in [6, 6.07) is 8.89. The van der Waals surface area contributed by atoms with Crippen LogP contribution in [0, 0.1) is 0 Å². The Morgan fingerprint density at radius 2 is 1.79 bits per heavy atom. The summed E-state index contributed by atoms with van der Waals surface area (Å²) in [5.74, 6) is 0. The van der Waals surface area contributed by atoms with Crippen LogP contribution in [0.3, 0.4) is 0 Å². The summed E-state index contributed by atoms with van der Waals surface area (Å²) in [6.07, 6.45) is 6.75. The van der Waals surface area contributed by atoms with Gasteiger partial charge in [0.2, 0.25) is 0 Å². The first kappa shape index (κ1) is 9.91. The van der Waals surface area contributed by atoms with Crippen LogP contribution in [-0.4, -0.2) is 6.04 Å². The fraction of sp³-hybridized carbons (Fsp3) is 0.500. The van der Waals surface area contributed by atoms with E-state index >= 15 is 0 Å². The van der Waals surface area contributed by atoms with Crippen molar-refractivity contribution in [1.29, 1.82) is 0 Å². The molecule has 1 saturated carbocycles. The average Bonchev–Trinajstić information content (AvgIpc) is 2.23. The first-order valence-corrected chi connectivity index (χ1v) is 5.85. The third-order valence-corrected chi connectivity index (χ3v) is 3.26. The molecular formula is C12H17NS. The molecule has 0 radical (unpaired) electrons. The number of thiol groups is 1. The van der Waals surface area contributed by atoms with Crippen LogP contribution in [0.15, 0.2) is 29.2 Å². The topological polar surface area (TPSA) is 12.0 Å². The summed E-state index contributed by atoms with van der Waals surface area (Å²) in [5.41, 5.74) is 1.18. The van der Waals surface area contributed by atoms with E-state index in [1.165, 1.54) is 37.8 Å². The molecule has 0 amide bonds. The number of nitrogens with one attached hydrogen (secondary N) is 1. The Labute approximate surface area is 91.3 Å². The highest BCUT2D eigenvalue weighted by molar-refractivity contribution is 7.80. The molecule has 0 bridgehead atoms. The number of anilines is 1. The molecule has 0 heterocycles. The van der Waals surface area contributed by atoms with E-state index in [1.807, 2.05) is 12.1 Å². The van der Waals surface area contributed by atoms with Crippen molar-refractivity contribution in [3.63, 3.8) is 0 Å². The Balaban J connectivity index is 1.99. The van der Waals surface area contributed by atoms with Gasteiger partial charge in [0, 0.05) is 16.6 Å². The summed E-state index contributed by atoms with van der Waals surface area (Å²) >= 11 is 4.43. The molecule has 1 fully saturated rings. The monoisotopic (exact) mass is 207 g/mol. The van der Waals surface area contributed by atoms with Gasteiger partial charge in [-0.1, -0.05) is 31.4 Å². The van der Waals surface area contributed by atoms with Crippen molar-refractivity contribution >= 4 is 18.3 Å². The number of benzene rings is 1. The third-order valence-electron chi connectivity index (χ3n) is 2.87. The van der Waals surface area contributed by atoms with Crippen LogP contribution in [0.2, 0.25) is 0 Å². The number of para-hydroxylation sites is 1. The highest BCUT2D eigenvalue weighted by Gasteiger charge is 2.13. The molecule has 0 atom stereocenters. The lowest BCUT2D eigenvalue weighted by Gasteiger charge is -2.24. The molecule has 0 aliphatic heterocycles. The predicted octanol–water partition coefficient (Wildman–Crippen LogP) is 3.72. The molecule has 2 heteroatoms. The second-order valence-corrected chi connectivity index (χ2v) is 4.48. The Kier molecular flexibility index (Phi) is 3.35. The van der Waals surface area contributed by atoms with Gasteiger partial charge < -0.3 is 5.32 Å². The maximum Gasteiger partial charge on any atom is 0.0477 e. The zero-order chi connectivity index (χ0) is 9.80. The minimum absolute atomic E-state index is 0.664. The summed E-state index contributed by atoms with van der Waals surface area (Å²) in [7, 11) is 0. The fourth-order valence-corrected chi connectivity index (χ4v) is 2.29. The van der Waals surface area contributed by atoms with E-state index < -0.39 is 0 Å². The van der Waals surface area contributed by atoms with Gasteiger partial charge in [0.15, 0.2) is 0 Å². The first-order chi connectivity index (χ1) is 6.86. The molecule has 76 valence electrons. The van der Waals surface area contributed by atoms with E-state index in [1.54, 1.807) is 0 Å². The SMILES string of the molecule is Sc1ccccc1NC1CCCCC1. The van der Waals surface area contributed by atoms with Gasteiger partial charge in [0.25, 0.3) is 0 Å². The van der Waals surface area contributed by atoms with Crippen molar-refractivity contribution in [2.24, 2.45) is 0 Å². The highest BCUT2D eigenvalue weighted by Crippen LogP contribution is 2.25. The number of hydrogen-bond donors (Lipinski definition) is 2. The van der Waals surface area contributed by atoms with Crippen molar-refractivity contribution in [2.45, 2.75) is 43.0 Å². The van der Waals surface area contributed by atoms with Gasteiger partial charge in [-0.25, -0.2) is 0 Å². The molecule has 0 aromatic heterocycles. The molecule has 14 heavy (non-hydrogen) atoms. The summed E-state index contributed by atoms with van der Waals surface area (Å²) in [5, 5.41) is 3.57. The molecule has 2 rings (SSSR count). The van der Waals surface area contributed by atoms with Crippen LogP contribution in [-0.2, 0) is 0 Å². The summed E-state index contributed by atoms with van der Waals surface area (Å²) in [6.45, 7) is 0. The van der Waals surface area contributed by atoms with Gasteiger partial charge in [-0.15, -0.1) is 12.6 Å². The average molecular weight is 207 g/mol. The number of rotatable bonds is 2. The van der Waals surface area contributed by atoms with E-state index in [0.717, 1.165) is 4.90 Å². The van der Waals surface area contributed by atoms with Crippen molar-refractivity contribution in [1.82, 2.24) is 0 Å². The van der Waals surface area contributed by atoms with Crippen molar-refractivity contribution < 1.29 is 0 Å². The minimum Gasteiger partial charge on any atom is -0.381 e. The first-order valence-electron chi connectivity index (χ1n) is 5.41. The van der Waals surface area contributed by atoms with Gasteiger partial charge in [0.1, 0.15) is 0 Å². The molecule has 1 N–H and O–H groups in total. The largest absolute Gasteiger partial charge is 0.381 e. The van der Waals surface area contributed by atoms with Gasteiger partial charge in [0.05, 0.1) is 0 Å². The minimum atomic E-state index is 0.664. The van der Waals surface area contributed by atoms with E-state index in [-0.39, 0.29) is 0 Å². The fourth-order valence-electron chi connectivity index (χ4n) is 2.06. The second kappa shape index (κ2) is 4.74. The molecule has 1 aromatic carbocycles. The molecule has 0 spiro atoms. The van der Waals surface area contributed by atoms with Gasteiger partial charge in [-0.05, 0) is 25.0 Å². The van der Waals surface area contributed by atoms with Gasteiger partial charge in [-0.2, -0.15) is 0 Å². The molecule has 0 unspecified atom stereocenters. The van der Waals surface area contributed by atoms with E-state index in [2.05, 4.69) is 30.1 Å². The zero-order valence-corrected chi connectivity index (χ0v) is 9.26. The maximum atomic E-state index is 4.43. The van der Waals surface area contributed by atoms with E-state index in [4.69, 9.17) is 0 Å². The van der Waals surface area contributed by atoms with Crippen LogP contribution in [0.4, 0.5) is 5.69 Å². The van der Waals surface area contributed by atoms with Gasteiger partial charge in [-0.3, -0.25) is 0 Å². The zero-order valence-electron chi connectivity index (χ0n) is 8.37. The van der Waals surface area contributed by atoms with E-state index in [9.17, 15) is 0 Å². The molecule has 0 saturated heterocycles. The lowest BCUT2D eigenvalue weighted by atomic mass is 9.95. The normalized spacial score (nSPS) is 18.1. The van der Waals surface area contributed by atoms with Crippen molar-refractivity contribution in [3.05, 3.63) is 24.3 Å². The highest BCUT2D eigenvalue weighted by atomic mass is 32.1. The van der Waals surface area contributed by atoms with E-state index in [0.29, 0.717) is 6.04 Å². The third kappa shape index (κ3) is 2.44. The Morgan fingerprint density at radius 1 is 1.07 bits per heavy atom. The standard InChI is InChI=1S/C12H17NS/c14-12-9-5-4-8-11(12)13-10-6-2-1-3-7-10/h4-5,8-10,13-14H,1-3,6-7H2. The Hall–Kier alpha value is -0.630. The van der Waals surface area contributed by atoms with Crippen LogP contribution >= 0.6 is 12.6 Å². The molecule has 1 aromatic rings. The smallest absolute Gasteiger partial charge is 0.0477 e. The van der Waals surface area contributed by atoms with Crippen LogP contribution in [0.5, 0.6) is 0 Å². The molecular weight excluding hydrogens is 190 g/mol. The van der Waals surface area contributed by atoms with Gasteiger partial charge >= 0.3 is 0 Å². The summed E-state index contributed by atoms with van der Waals surface area (Å²) in [4.78, 5) is 1.05. The molecule has 1 nitrogen and oxygen atoms in total. The summed E-state index contributed by atoms with van der Waals surface area (Å²) < 4.78 is 0. The van der Waals surface area contributed by atoms with Crippen molar-refractivity contribution in [3.8, 4) is 0 Å². The Bertz CT molecular complexity index is 292. The second-order valence-electron chi connectivity index (χ2n) is 4.00. The maximum absolute atomic E-state index is 4.43. The van der Waals surface area contributed by atoms with Crippen LogP contribution < -0.4 is 5.32 Å². The van der Waals surface area contributed by atoms with Crippen LogP contribution in [0.25, 0.3) is 0 Å². The lowest BCUT2D eigenvalue weighted by molar-refractivity contribution is 0.462. The lowest BCUT2D eigenvalue weighted by Crippen LogP contribution is -2.22. The predicted molar refractivity (Wildman–Crippen MR) is 64.2 cm³/mol. The van der Waals surface area contributed by atoms with Crippen LogP contribution in [0.1, 0.15) is 32.1 Å². The molecule has 1 aliphatic carbocycles.